The number of hydrogen-bond donors (Lipinski definition) is 0. The summed E-state index contributed by atoms with van der Waals surface area (Å²) in [5.41, 5.74) is 1.67. The van der Waals surface area contributed by atoms with Crippen molar-refractivity contribution in [2.24, 2.45) is 0 Å². The fraction of sp³-hybridized carbons (Fsp3) is 0.0714. The standard InChI is InChI=1S/C14H10Br2O/c15-12-8-4-7-11(9-12)13(16)14(17)10-5-2-1-3-6-10/h1-9,13H. The first-order chi connectivity index (χ1) is 8.18. The maximum atomic E-state index is 12.2. The summed E-state index contributed by atoms with van der Waals surface area (Å²) in [4.78, 5) is 11.9. The Bertz CT molecular complexity index is 523. The van der Waals surface area contributed by atoms with Gasteiger partial charge in [-0.1, -0.05) is 74.3 Å². The van der Waals surface area contributed by atoms with Crippen molar-refractivity contribution in [2.75, 3.05) is 0 Å². The van der Waals surface area contributed by atoms with E-state index in [1.54, 1.807) is 0 Å². The summed E-state index contributed by atoms with van der Waals surface area (Å²) in [6.45, 7) is 0. The predicted molar refractivity (Wildman–Crippen MR) is 76.6 cm³/mol. The maximum Gasteiger partial charge on any atom is 0.180 e. The summed E-state index contributed by atoms with van der Waals surface area (Å²) in [7, 11) is 0. The molecule has 2 aromatic rings. The molecule has 0 aliphatic rings. The van der Waals surface area contributed by atoms with Crippen molar-refractivity contribution in [2.45, 2.75) is 4.83 Å². The first-order valence-corrected chi connectivity index (χ1v) is 6.88. The molecule has 0 spiro atoms. The van der Waals surface area contributed by atoms with Crippen LogP contribution in [0.1, 0.15) is 20.7 Å². The van der Waals surface area contributed by atoms with Crippen molar-refractivity contribution in [1.82, 2.24) is 0 Å². The average molecular weight is 354 g/mol. The van der Waals surface area contributed by atoms with Crippen LogP contribution in [-0.2, 0) is 0 Å². The number of rotatable bonds is 3. The smallest absolute Gasteiger partial charge is 0.180 e. The Kier molecular flexibility index (Phi) is 4.13. The zero-order valence-corrected chi connectivity index (χ0v) is 12.1. The van der Waals surface area contributed by atoms with Gasteiger partial charge in [-0.25, -0.2) is 0 Å². The molecule has 3 heteroatoms. The molecule has 2 rings (SSSR count). The summed E-state index contributed by atoms with van der Waals surface area (Å²) in [6, 6.07) is 17.0. The summed E-state index contributed by atoms with van der Waals surface area (Å²) in [5, 5.41) is 0. The van der Waals surface area contributed by atoms with Gasteiger partial charge in [0.2, 0.25) is 0 Å². The fourth-order valence-corrected chi connectivity index (χ4v) is 2.53. The number of carbonyl (C=O) groups is 1. The van der Waals surface area contributed by atoms with Crippen molar-refractivity contribution < 1.29 is 4.79 Å². The van der Waals surface area contributed by atoms with E-state index in [1.165, 1.54) is 0 Å². The molecule has 0 saturated carbocycles. The number of benzene rings is 2. The van der Waals surface area contributed by atoms with E-state index in [0.29, 0.717) is 5.56 Å². The van der Waals surface area contributed by atoms with Crippen LogP contribution in [0, 0.1) is 0 Å². The average Bonchev–Trinajstić information content (AvgIpc) is 2.38. The second-order valence-corrected chi connectivity index (χ2v) is 5.48. The van der Waals surface area contributed by atoms with Crippen LogP contribution in [0.3, 0.4) is 0 Å². The number of carbonyl (C=O) groups excluding carboxylic acids is 1. The third kappa shape index (κ3) is 3.05. The highest BCUT2D eigenvalue weighted by atomic mass is 79.9. The Morgan fingerprint density at radius 2 is 1.71 bits per heavy atom. The van der Waals surface area contributed by atoms with Crippen LogP contribution < -0.4 is 0 Å². The molecule has 0 fully saturated rings. The lowest BCUT2D eigenvalue weighted by atomic mass is 10.0. The van der Waals surface area contributed by atoms with Crippen molar-refractivity contribution in [3.8, 4) is 0 Å². The largest absolute Gasteiger partial charge is 0.293 e. The van der Waals surface area contributed by atoms with E-state index >= 15 is 0 Å². The van der Waals surface area contributed by atoms with E-state index in [4.69, 9.17) is 0 Å². The number of halogens is 2. The second kappa shape index (κ2) is 5.61. The van der Waals surface area contributed by atoms with Gasteiger partial charge in [-0.15, -0.1) is 0 Å². The topological polar surface area (TPSA) is 17.1 Å². The SMILES string of the molecule is O=C(c1ccccc1)C(Br)c1cccc(Br)c1. The summed E-state index contributed by atoms with van der Waals surface area (Å²) < 4.78 is 0.973. The van der Waals surface area contributed by atoms with Crippen LogP contribution in [0.15, 0.2) is 59.1 Å². The first-order valence-electron chi connectivity index (χ1n) is 5.17. The van der Waals surface area contributed by atoms with E-state index in [2.05, 4.69) is 31.9 Å². The van der Waals surface area contributed by atoms with E-state index in [0.717, 1.165) is 10.0 Å². The van der Waals surface area contributed by atoms with E-state index < -0.39 is 0 Å². The second-order valence-electron chi connectivity index (χ2n) is 3.65. The first kappa shape index (κ1) is 12.5. The number of alkyl halides is 1. The molecule has 0 saturated heterocycles. The minimum atomic E-state index is -0.303. The van der Waals surface area contributed by atoms with Crippen molar-refractivity contribution in [1.29, 1.82) is 0 Å². The zero-order valence-electron chi connectivity index (χ0n) is 8.94. The molecule has 0 radical (unpaired) electrons. The van der Waals surface area contributed by atoms with Gasteiger partial charge in [0.1, 0.15) is 4.83 Å². The quantitative estimate of drug-likeness (QED) is 0.573. The van der Waals surface area contributed by atoms with E-state index in [-0.39, 0.29) is 10.6 Å². The van der Waals surface area contributed by atoms with Gasteiger partial charge in [-0.3, -0.25) is 4.79 Å². The molecule has 2 aromatic carbocycles. The molecular formula is C14H10Br2O. The van der Waals surface area contributed by atoms with Crippen molar-refractivity contribution >= 4 is 37.6 Å². The molecule has 0 aromatic heterocycles. The van der Waals surface area contributed by atoms with Gasteiger partial charge in [-0.05, 0) is 17.7 Å². The lowest BCUT2D eigenvalue weighted by molar-refractivity contribution is 0.0991. The Balaban J connectivity index is 2.27. The Labute approximate surface area is 117 Å². The normalized spacial score (nSPS) is 12.1. The molecule has 17 heavy (non-hydrogen) atoms. The Morgan fingerprint density at radius 1 is 1.00 bits per heavy atom. The molecule has 1 atom stereocenters. The van der Waals surface area contributed by atoms with Gasteiger partial charge in [0, 0.05) is 10.0 Å². The molecule has 0 aliphatic carbocycles. The van der Waals surface area contributed by atoms with Crippen molar-refractivity contribution in [3.63, 3.8) is 0 Å². The van der Waals surface area contributed by atoms with Gasteiger partial charge in [0.25, 0.3) is 0 Å². The molecule has 0 amide bonds. The predicted octanol–water partition coefficient (Wildman–Crippen LogP) is 4.77. The van der Waals surface area contributed by atoms with Crippen LogP contribution in [-0.4, -0.2) is 5.78 Å². The lowest BCUT2D eigenvalue weighted by Crippen LogP contribution is -2.06. The highest BCUT2D eigenvalue weighted by molar-refractivity contribution is 9.10. The number of ketones is 1. The molecule has 0 N–H and O–H groups in total. The zero-order chi connectivity index (χ0) is 12.3. The van der Waals surface area contributed by atoms with Gasteiger partial charge >= 0.3 is 0 Å². The van der Waals surface area contributed by atoms with Gasteiger partial charge in [-0.2, -0.15) is 0 Å². The number of hydrogen-bond acceptors (Lipinski definition) is 1. The van der Waals surface area contributed by atoms with Crippen LogP contribution in [0.2, 0.25) is 0 Å². The lowest BCUT2D eigenvalue weighted by Gasteiger charge is -2.09. The minimum absolute atomic E-state index is 0.0729. The molecule has 0 bridgehead atoms. The van der Waals surface area contributed by atoms with Crippen LogP contribution >= 0.6 is 31.9 Å². The van der Waals surface area contributed by atoms with Gasteiger partial charge in [0.15, 0.2) is 5.78 Å². The highest BCUT2D eigenvalue weighted by Crippen LogP contribution is 2.28. The summed E-state index contributed by atoms with van der Waals surface area (Å²) >= 11 is 6.86. The number of Topliss-reactive ketones (excluding diaryl/α,β-unsaturated/α-hetero) is 1. The van der Waals surface area contributed by atoms with E-state index in [9.17, 15) is 4.79 Å². The Hall–Kier alpha value is -0.930. The highest BCUT2D eigenvalue weighted by Gasteiger charge is 2.18. The maximum absolute atomic E-state index is 12.2. The van der Waals surface area contributed by atoms with Crippen LogP contribution in [0.4, 0.5) is 0 Å². The monoisotopic (exact) mass is 352 g/mol. The Morgan fingerprint density at radius 3 is 2.35 bits per heavy atom. The van der Waals surface area contributed by atoms with Gasteiger partial charge < -0.3 is 0 Å². The van der Waals surface area contributed by atoms with Crippen molar-refractivity contribution in [3.05, 3.63) is 70.2 Å². The molecule has 0 aliphatic heterocycles. The molecule has 1 unspecified atom stereocenters. The minimum Gasteiger partial charge on any atom is -0.293 e. The van der Waals surface area contributed by atoms with Gasteiger partial charge in [0.05, 0.1) is 0 Å². The fourth-order valence-electron chi connectivity index (χ4n) is 1.56. The van der Waals surface area contributed by atoms with Crippen LogP contribution in [0.5, 0.6) is 0 Å². The van der Waals surface area contributed by atoms with Crippen LogP contribution in [0.25, 0.3) is 0 Å². The van der Waals surface area contributed by atoms with E-state index in [1.807, 2.05) is 54.6 Å². The molecular weight excluding hydrogens is 344 g/mol. The third-order valence-corrected chi connectivity index (χ3v) is 3.87. The molecule has 0 heterocycles. The summed E-state index contributed by atoms with van der Waals surface area (Å²) in [6.07, 6.45) is 0. The molecule has 86 valence electrons. The third-order valence-electron chi connectivity index (χ3n) is 2.43. The molecule has 1 nitrogen and oxygen atoms in total. The summed E-state index contributed by atoms with van der Waals surface area (Å²) in [5.74, 6) is 0.0729.